The predicted octanol–water partition coefficient (Wildman–Crippen LogP) is 4.70. The fraction of sp³-hybridized carbons (Fsp3) is 0.200. The van der Waals surface area contributed by atoms with Gasteiger partial charge in [0.2, 0.25) is 5.91 Å². The summed E-state index contributed by atoms with van der Waals surface area (Å²) >= 11 is 5.97. The van der Waals surface area contributed by atoms with Gasteiger partial charge in [-0.25, -0.2) is 8.42 Å². The second-order valence-electron chi connectivity index (χ2n) is 7.68. The van der Waals surface area contributed by atoms with Crippen molar-refractivity contribution < 1.29 is 18.0 Å². The highest BCUT2D eigenvalue weighted by Gasteiger charge is 2.27. The lowest BCUT2D eigenvalue weighted by Gasteiger charge is -2.24. The van der Waals surface area contributed by atoms with E-state index in [1.807, 2.05) is 13.8 Å². The molecule has 9 heteroatoms. The maximum absolute atomic E-state index is 13.4. The molecule has 0 spiro atoms. The zero-order chi connectivity index (χ0) is 24.7. The van der Waals surface area contributed by atoms with Crippen molar-refractivity contribution in [3.8, 4) is 0 Å². The number of halogens is 1. The number of carbonyl (C=O) groups is 2. The fourth-order valence-electron chi connectivity index (χ4n) is 3.16. The standard InChI is InChI=1S/C25H26ClN3O4S/c1-3-18(2)27-25(31)22-11-7-8-12-23(22)28-24(30)17-29(20-15-13-19(26)14-16-20)34(32,33)21-9-5-4-6-10-21/h4-16,18H,3,17H2,1-2H3,(H,27,31)(H,28,30)/t18-/m1/s1. The minimum absolute atomic E-state index is 0.0346. The molecule has 3 aromatic rings. The number of rotatable bonds is 9. The average molecular weight is 500 g/mol. The Kier molecular flexibility index (Phi) is 8.31. The summed E-state index contributed by atoms with van der Waals surface area (Å²) in [5.41, 5.74) is 0.868. The van der Waals surface area contributed by atoms with E-state index in [2.05, 4.69) is 10.6 Å². The Morgan fingerprint density at radius 2 is 1.56 bits per heavy atom. The highest BCUT2D eigenvalue weighted by Crippen LogP contribution is 2.25. The van der Waals surface area contributed by atoms with Gasteiger partial charge in [0.15, 0.2) is 0 Å². The molecule has 0 aromatic heterocycles. The van der Waals surface area contributed by atoms with E-state index in [-0.39, 0.29) is 22.5 Å². The van der Waals surface area contributed by atoms with Gasteiger partial charge in [-0.05, 0) is 61.9 Å². The molecule has 0 aliphatic carbocycles. The number of benzene rings is 3. The Labute approximate surface area is 204 Å². The van der Waals surface area contributed by atoms with Gasteiger partial charge < -0.3 is 10.6 Å². The molecule has 0 saturated carbocycles. The molecule has 178 valence electrons. The summed E-state index contributed by atoms with van der Waals surface area (Å²) in [5.74, 6) is -0.921. The third kappa shape index (κ3) is 6.15. The zero-order valence-electron chi connectivity index (χ0n) is 18.9. The Morgan fingerprint density at radius 1 is 0.941 bits per heavy atom. The number of nitrogens with zero attached hydrogens (tertiary/aromatic N) is 1. The molecule has 0 radical (unpaired) electrons. The highest BCUT2D eigenvalue weighted by atomic mass is 35.5. The Balaban J connectivity index is 1.89. The van der Waals surface area contributed by atoms with Crippen molar-refractivity contribution in [2.24, 2.45) is 0 Å². The minimum atomic E-state index is -4.05. The van der Waals surface area contributed by atoms with Gasteiger partial charge in [-0.15, -0.1) is 0 Å². The van der Waals surface area contributed by atoms with Crippen LogP contribution in [0.1, 0.15) is 30.6 Å². The van der Waals surface area contributed by atoms with Crippen LogP contribution in [0.15, 0.2) is 83.8 Å². The molecule has 0 aliphatic rings. The van der Waals surface area contributed by atoms with E-state index in [4.69, 9.17) is 11.6 Å². The Hall–Kier alpha value is -3.36. The van der Waals surface area contributed by atoms with Crippen LogP contribution in [0.25, 0.3) is 0 Å². The predicted molar refractivity (Wildman–Crippen MR) is 135 cm³/mol. The maximum Gasteiger partial charge on any atom is 0.264 e. The first-order chi connectivity index (χ1) is 16.2. The first-order valence-corrected chi connectivity index (χ1v) is 12.6. The smallest absolute Gasteiger partial charge is 0.264 e. The molecule has 0 unspecified atom stereocenters. The quantitative estimate of drug-likeness (QED) is 0.446. The van der Waals surface area contributed by atoms with E-state index < -0.39 is 22.5 Å². The van der Waals surface area contributed by atoms with Crippen LogP contribution >= 0.6 is 11.6 Å². The maximum atomic E-state index is 13.4. The number of hydrogen-bond donors (Lipinski definition) is 2. The summed E-state index contributed by atoms with van der Waals surface area (Å²) < 4.78 is 27.8. The number of sulfonamides is 1. The third-order valence-corrected chi connectivity index (χ3v) is 7.21. The summed E-state index contributed by atoms with van der Waals surface area (Å²) in [6.07, 6.45) is 0.758. The zero-order valence-corrected chi connectivity index (χ0v) is 20.4. The Bertz CT molecular complexity index is 1250. The largest absolute Gasteiger partial charge is 0.350 e. The van der Waals surface area contributed by atoms with Gasteiger partial charge >= 0.3 is 0 Å². The van der Waals surface area contributed by atoms with Crippen LogP contribution < -0.4 is 14.9 Å². The molecule has 0 aliphatic heterocycles. The van der Waals surface area contributed by atoms with E-state index in [9.17, 15) is 18.0 Å². The molecule has 1 atom stereocenters. The first-order valence-electron chi connectivity index (χ1n) is 10.8. The number of nitrogens with one attached hydrogen (secondary N) is 2. The molecule has 3 rings (SSSR count). The molecule has 7 nitrogen and oxygen atoms in total. The van der Waals surface area contributed by atoms with Crippen LogP contribution in [0, 0.1) is 0 Å². The van der Waals surface area contributed by atoms with Gasteiger partial charge in [0.05, 0.1) is 21.8 Å². The first kappa shape index (κ1) is 25.3. The molecule has 0 bridgehead atoms. The van der Waals surface area contributed by atoms with Gasteiger partial charge in [-0.1, -0.05) is 48.9 Å². The summed E-state index contributed by atoms with van der Waals surface area (Å²) in [5, 5.41) is 5.99. The van der Waals surface area contributed by atoms with E-state index in [1.165, 1.54) is 24.3 Å². The van der Waals surface area contributed by atoms with Crippen molar-refractivity contribution in [1.82, 2.24) is 5.32 Å². The van der Waals surface area contributed by atoms with Crippen molar-refractivity contribution >= 4 is 44.8 Å². The highest BCUT2D eigenvalue weighted by molar-refractivity contribution is 7.92. The lowest BCUT2D eigenvalue weighted by Crippen LogP contribution is -2.38. The number of anilines is 2. The van der Waals surface area contributed by atoms with E-state index in [1.54, 1.807) is 54.6 Å². The van der Waals surface area contributed by atoms with Crippen LogP contribution in [-0.2, 0) is 14.8 Å². The lowest BCUT2D eigenvalue weighted by atomic mass is 10.1. The van der Waals surface area contributed by atoms with Crippen molar-refractivity contribution in [2.45, 2.75) is 31.2 Å². The summed E-state index contributed by atoms with van der Waals surface area (Å²) in [7, 11) is -4.05. The number of hydrogen-bond acceptors (Lipinski definition) is 4. The van der Waals surface area contributed by atoms with Gasteiger partial charge in [0.1, 0.15) is 6.54 Å². The van der Waals surface area contributed by atoms with Gasteiger partial charge in [-0.2, -0.15) is 0 Å². The second kappa shape index (κ2) is 11.2. The molecule has 34 heavy (non-hydrogen) atoms. The molecule has 2 N–H and O–H groups in total. The molecule has 2 amide bonds. The van der Waals surface area contributed by atoms with Gasteiger partial charge in [0.25, 0.3) is 15.9 Å². The second-order valence-corrected chi connectivity index (χ2v) is 9.98. The minimum Gasteiger partial charge on any atom is -0.350 e. The number of carbonyl (C=O) groups excluding carboxylic acids is 2. The van der Waals surface area contributed by atoms with Crippen molar-refractivity contribution in [3.63, 3.8) is 0 Å². The van der Waals surface area contributed by atoms with Crippen LogP contribution in [0.4, 0.5) is 11.4 Å². The topological polar surface area (TPSA) is 95.6 Å². The molecule has 0 fully saturated rings. The molecule has 0 heterocycles. The van der Waals surface area contributed by atoms with Crippen LogP contribution in [0.3, 0.4) is 0 Å². The van der Waals surface area contributed by atoms with Crippen molar-refractivity contribution in [2.75, 3.05) is 16.2 Å². The van der Waals surface area contributed by atoms with Gasteiger partial charge in [-0.3, -0.25) is 13.9 Å². The van der Waals surface area contributed by atoms with Crippen molar-refractivity contribution in [1.29, 1.82) is 0 Å². The Morgan fingerprint density at radius 3 is 2.21 bits per heavy atom. The van der Waals surface area contributed by atoms with Crippen LogP contribution in [0.2, 0.25) is 5.02 Å². The fourth-order valence-corrected chi connectivity index (χ4v) is 4.72. The molecular formula is C25H26ClN3O4S. The van der Waals surface area contributed by atoms with E-state index in [0.717, 1.165) is 10.7 Å². The van der Waals surface area contributed by atoms with Crippen molar-refractivity contribution in [3.05, 3.63) is 89.4 Å². The van der Waals surface area contributed by atoms with Crippen LogP contribution in [-0.4, -0.2) is 32.8 Å². The van der Waals surface area contributed by atoms with Gasteiger partial charge in [0, 0.05) is 11.1 Å². The van der Waals surface area contributed by atoms with Crippen LogP contribution in [0.5, 0.6) is 0 Å². The number of amides is 2. The normalized spacial score (nSPS) is 12.0. The summed E-state index contributed by atoms with van der Waals surface area (Å²) in [6.45, 7) is 3.34. The molecular weight excluding hydrogens is 474 g/mol. The summed E-state index contributed by atoms with van der Waals surface area (Å²) in [4.78, 5) is 25.7. The average Bonchev–Trinajstić information content (AvgIpc) is 2.84. The SMILES string of the molecule is CC[C@@H](C)NC(=O)c1ccccc1NC(=O)CN(c1ccc(Cl)cc1)S(=O)(=O)c1ccccc1. The van der Waals surface area contributed by atoms with E-state index in [0.29, 0.717) is 16.3 Å². The molecule has 0 saturated heterocycles. The summed E-state index contributed by atoms with van der Waals surface area (Å²) in [6, 6.07) is 20.6. The van der Waals surface area contributed by atoms with E-state index >= 15 is 0 Å². The molecule has 3 aromatic carbocycles. The monoisotopic (exact) mass is 499 g/mol. The third-order valence-electron chi connectivity index (χ3n) is 5.17. The lowest BCUT2D eigenvalue weighted by molar-refractivity contribution is -0.114. The number of para-hydroxylation sites is 1.